The quantitative estimate of drug-likeness (QED) is 0.502. The summed E-state index contributed by atoms with van der Waals surface area (Å²) in [6.07, 6.45) is -3.31. The van der Waals surface area contributed by atoms with E-state index < -0.39 is 17.8 Å². The number of nitrogens with one attached hydrogen (secondary N) is 2. The highest BCUT2D eigenvalue weighted by atomic mass is 19.4. The number of carbonyl (C=O) groups excluding carboxylic acids is 1. The third kappa shape index (κ3) is 4.87. The molecule has 2 N–H and O–H groups in total. The number of halogens is 3. The van der Waals surface area contributed by atoms with Gasteiger partial charge in [0.15, 0.2) is 5.84 Å². The molecule has 0 aliphatic rings. The number of hydrogen-bond donors (Lipinski definition) is 2. The second-order valence-corrected chi connectivity index (χ2v) is 4.18. The number of hydrazone groups is 1. The second kappa shape index (κ2) is 7.47. The molecular formula is C13H16F3N5O2. The van der Waals surface area contributed by atoms with Gasteiger partial charge in [0.1, 0.15) is 5.82 Å². The largest absolute Gasteiger partial charge is 0.453 e. The van der Waals surface area contributed by atoms with Crippen LogP contribution in [0.5, 0.6) is 0 Å². The summed E-state index contributed by atoms with van der Waals surface area (Å²) in [5.41, 5.74) is -1.28. The molecule has 23 heavy (non-hydrogen) atoms. The average molecular weight is 331 g/mol. The SMILES string of the molecule is C=CN(C)/N=C(\NC)c1cnc(NC(=O)OC)cc1C(F)(F)F. The Morgan fingerprint density at radius 1 is 1.52 bits per heavy atom. The Balaban J connectivity index is 3.39. The van der Waals surface area contributed by atoms with Crippen LogP contribution in [0.1, 0.15) is 11.1 Å². The smallest absolute Gasteiger partial charge is 0.417 e. The molecule has 1 aromatic heterocycles. The molecule has 0 aromatic carbocycles. The Hall–Kier alpha value is -2.78. The standard InChI is InChI=1S/C13H16F3N5O2/c1-5-21(3)20-11(17-2)8-7-18-10(19-12(22)23-4)6-9(8)13(14,15)16/h5-7H,1H2,2-4H3,(H,17,20)(H,18,19,22). The first kappa shape index (κ1) is 18.3. The van der Waals surface area contributed by atoms with Crippen LogP contribution < -0.4 is 10.6 Å². The summed E-state index contributed by atoms with van der Waals surface area (Å²) in [5, 5.41) is 9.83. The third-order valence-electron chi connectivity index (χ3n) is 2.64. The molecule has 1 heterocycles. The van der Waals surface area contributed by atoms with Crippen LogP contribution in [0.25, 0.3) is 0 Å². The topological polar surface area (TPSA) is 78.9 Å². The molecule has 1 rings (SSSR count). The highest BCUT2D eigenvalue weighted by molar-refractivity contribution is 6.00. The molecule has 1 amide bonds. The molecule has 0 aliphatic heterocycles. The van der Waals surface area contributed by atoms with E-state index in [1.165, 1.54) is 25.3 Å². The van der Waals surface area contributed by atoms with E-state index in [0.717, 1.165) is 13.3 Å². The monoisotopic (exact) mass is 331 g/mol. The zero-order valence-electron chi connectivity index (χ0n) is 12.7. The molecule has 0 spiro atoms. The van der Waals surface area contributed by atoms with E-state index >= 15 is 0 Å². The fourth-order valence-electron chi connectivity index (χ4n) is 1.54. The molecule has 0 radical (unpaired) electrons. The number of carbonyl (C=O) groups is 1. The Morgan fingerprint density at radius 3 is 2.65 bits per heavy atom. The summed E-state index contributed by atoms with van der Waals surface area (Å²) in [6.45, 7) is 3.46. The van der Waals surface area contributed by atoms with Gasteiger partial charge in [0.05, 0.1) is 12.7 Å². The van der Waals surface area contributed by atoms with E-state index in [-0.39, 0.29) is 17.2 Å². The summed E-state index contributed by atoms with van der Waals surface area (Å²) in [7, 11) is 4.03. The summed E-state index contributed by atoms with van der Waals surface area (Å²) < 4.78 is 44.1. The molecular weight excluding hydrogens is 315 g/mol. The van der Waals surface area contributed by atoms with Crippen molar-refractivity contribution in [1.82, 2.24) is 15.3 Å². The van der Waals surface area contributed by atoms with Crippen LogP contribution in [-0.4, -0.2) is 43.1 Å². The minimum Gasteiger partial charge on any atom is -0.453 e. The van der Waals surface area contributed by atoms with Gasteiger partial charge < -0.3 is 10.1 Å². The minimum absolute atomic E-state index is 0.0585. The molecule has 0 bridgehead atoms. The molecule has 0 saturated carbocycles. The number of amides is 1. The molecule has 0 fully saturated rings. The van der Waals surface area contributed by atoms with E-state index in [1.807, 2.05) is 0 Å². The van der Waals surface area contributed by atoms with E-state index in [9.17, 15) is 18.0 Å². The van der Waals surface area contributed by atoms with Gasteiger partial charge in [-0.1, -0.05) is 6.58 Å². The van der Waals surface area contributed by atoms with Crippen molar-refractivity contribution in [3.05, 3.63) is 36.2 Å². The lowest BCUT2D eigenvalue weighted by atomic mass is 10.1. The molecule has 7 nitrogen and oxygen atoms in total. The van der Waals surface area contributed by atoms with Crippen molar-refractivity contribution < 1.29 is 22.7 Å². The maximum absolute atomic E-state index is 13.3. The van der Waals surface area contributed by atoms with Crippen molar-refractivity contribution in [3.8, 4) is 0 Å². The summed E-state index contributed by atoms with van der Waals surface area (Å²) in [5.74, 6) is -0.350. The molecule has 0 atom stereocenters. The van der Waals surface area contributed by atoms with Gasteiger partial charge in [0.25, 0.3) is 0 Å². The summed E-state index contributed by atoms with van der Waals surface area (Å²) >= 11 is 0. The van der Waals surface area contributed by atoms with Crippen LogP contribution in [0.2, 0.25) is 0 Å². The number of ether oxygens (including phenoxy) is 1. The second-order valence-electron chi connectivity index (χ2n) is 4.18. The first-order valence-corrected chi connectivity index (χ1v) is 6.27. The maximum Gasteiger partial charge on any atom is 0.417 e. The van der Waals surface area contributed by atoms with Gasteiger partial charge in [-0.2, -0.15) is 18.3 Å². The van der Waals surface area contributed by atoms with Crippen LogP contribution in [0.4, 0.5) is 23.8 Å². The molecule has 1 aromatic rings. The Kier molecular flexibility index (Phi) is 5.94. The Morgan fingerprint density at radius 2 is 2.17 bits per heavy atom. The van der Waals surface area contributed by atoms with Crippen LogP contribution in [0.3, 0.4) is 0 Å². The first-order valence-electron chi connectivity index (χ1n) is 6.27. The van der Waals surface area contributed by atoms with E-state index in [1.54, 1.807) is 0 Å². The zero-order chi connectivity index (χ0) is 17.6. The number of hydrogen-bond acceptors (Lipinski definition) is 5. The van der Waals surface area contributed by atoms with Crippen LogP contribution in [0.15, 0.2) is 30.1 Å². The van der Waals surface area contributed by atoms with E-state index in [4.69, 9.17) is 0 Å². The van der Waals surface area contributed by atoms with Crippen LogP contribution in [0, 0.1) is 0 Å². The highest BCUT2D eigenvalue weighted by Crippen LogP contribution is 2.33. The highest BCUT2D eigenvalue weighted by Gasteiger charge is 2.35. The van der Waals surface area contributed by atoms with Gasteiger partial charge in [-0.05, 0) is 6.07 Å². The lowest BCUT2D eigenvalue weighted by molar-refractivity contribution is -0.137. The lowest BCUT2D eigenvalue weighted by Gasteiger charge is -2.17. The normalized spacial score (nSPS) is 11.7. The van der Waals surface area contributed by atoms with Gasteiger partial charge in [0.2, 0.25) is 0 Å². The maximum atomic E-state index is 13.3. The fourth-order valence-corrected chi connectivity index (χ4v) is 1.54. The van der Waals surface area contributed by atoms with Crippen molar-refractivity contribution in [2.24, 2.45) is 5.10 Å². The van der Waals surface area contributed by atoms with Crippen molar-refractivity contribution in [3.63, 3.8) is 0 Å². The number of methoxy groups -OCH3 is 1. The fraction of sp³-hybridized carbons (Fsp3) is 0.308. The van der Waals surface area contributed by atoms with Gasteiger partial charge in [0, 0.05) is 32.1 Å². The minimum atomic E-state index is -4.67. The number of rotatable bonds is 4. The molecule has 0 unspecified atom stereocenters. The van der Waals surface area contributed by atoms with E-state index in [2.05, 4.69) is 32.0 Å². The van der Waals surface area contributed by atoms with Gasteiger partial charge >= 0.3 is 12.3 Å². The molecule has 10 heteroatoms. The van der Waals surface area contributed by atoms with Gasteiger partial charge in [-0.25, -0.2) is 9.78 Å². The first-order chi connectivity index (χ1) is 10.7. The Labute approximate surface area is 130 Å². The summed E-state index contributed by atoms with van der Waals surface area (Å²) in [4.78, 5) is 14.9. The van der Waals surface area contributed by atoms with Crippen molar-refractivity contribution in [2.45, 2.75) is 6.18 Å². The van der Waals surface area contributed by atoms with Crippen molar-refractivity contribution in [2.75, 3.05) is 26.5 Å². The van der Waals surface area contributed by atoms with E-state index in [0.29, 0.717) is 6.07 Å². The van der Waals surface area contributed by atoms with Crippen LogP contribution in [-0.2, 0) is 10.9 Å². The number of amidine groups is 1. The molecule has 0 aliphatic carbocycles. The number of pyridine rings is 1. The third-order valence-corrected chi connectivity index (χ3v) is 2.64. The average Bonchev–Trinajstić information content (AvgIpc) is 2.51. The van der Waals surface area contributed by atoms with Crippen molar-refractivity contribution >= 4 is 17.7 Å². The Bertz CT molecular complexity index is 616. The predicted molar refractivity (Wildman–Crippen MR) is 78.8 cm³/mol. The van der Waals surface area contributed by atoms with Gasteiger partial charge in [-0.15, -0.1) is 0 Å². The number of anilines is 1. The van der Waals surface area contributed by atoms with Gasteiger partial charge in [-0.3, -0.25) is 10.3 Å². The summed E-state index contributed by atoms with van der Waals surface area (Å²) in [6, 6.07) is 0.701. The zero-order valence-corrected chi connectivity index (χ0v) is 12.7. The molecule has 0 saturated heterocycles. The number of nitrogens with zero attached hydrogens (tertiary/aromatic N) is 3. The number of alkyl halides is 3. The number of aromatic nitrogens is 1. The molecule has 126 valence electrons. The lowest BCUT2D eigenvalue weighted by Crippen LogP contribution is -2.27. The van der Waals surface area contributed by atoms with Crippen LogP contribution >= 0.6 is 0 Å². The predicted octanol–water partition coefficient (Wildman–Crippen LogP) is 2.23. The van der Waals surface area contributed by atoms with Crippen molar-refractivity contribution in [1.29, 1.82) is 0 Å².